The van der Waals surface area contributed by atoms with Gasteiger partial charge in [-0.25, -0.2) is 0 Å². The molecule has 1 heterocycles. The molecule has 0 atom stereocenters. The van der Waals surface area contributed by atoms with Crippen LogP contribution < -0.4 is 0 Å². The van der Waals surface area contributed by atoms with E-state index >= 15 is 0 Å². The van der Waals surface area contributed by atoms with Crippen LogP contribution in [0.25, 0.3) is 0 Å². The molecule has 3 heteroatoms. The van der Waals surface area contributed by atoms with Crippen molar-refractivity contribution >= 4 is 21.7 Å². The number of rotatable bonds is 4. The Hall–Kier alpha value is -1.48. The first kappa shape index (κ1) is 13.9. The molecule has 0 saturated heterocycles. The van der Waals surface area contributed by atoms with Gasteiger partial charge in [-0.1, -0.05) is 32.0 Å². The molecule has 1 aromatic heterocycles. The van der Waals surface area contributed by atoms with E-state index in [1.165, 1.54) is 5.56 Å². The van der Waals surface area contributed by atoms with Crippen molar-refractivity contribution in [1.82, 2.24) is 4.98 Å². The van der Waals surface area contributed by atoms with E-state index in [4.69, 9.17) is 0 Å². The zero-order valence-electron chi connectivity index (χ0n) is 11.1. The number of aromatic nitrogens is 1. The van der Waals surface area contributed by atoms with Gasteiger partial charge in [0.1, 0.15) is 0 Å². The van der Waals surface area contributed by atoms with Crippen LogP contribution in [0.1, 0.15) is 35.3 Å². The fourth-order valence-corrected chi connectivity index (χ4v) is 2.38. The van der Waals surface area contributed by atoms with Crippen LogP contribution in [0.4, 0.5) is 0 Å². The molecule has 0 aliphatic carbocycles. The Morgan fingerprint density at radius 3 is 2.68 bits per heavy atom. The Balaban J connectivity index is 2.29. The van der Waals surface area contributed by atoms with Crippen LogP contribution in [0.5, 0.6) is 0 Å². The van der Waals surface area contributed by atoms with E-state index in [9.17, 15) is 4.79 Å². The summed E-state index contributed by atoms with van der Waals surface area (Å²) in [6.07, 6.45) is 4.26. The number of ketones is 1. The SMILES string of the molecule is CC(C)Cc1cccc(C(=O)c2cncc(Br)c2)c1. The molecular weight excluding hydrogens is 302 g/mol. The summed E-state index contributed by atoms with van der Waals surface area (Å²) in [6, 6.07) is 9.63. The Kier molecular flexibility index (Phi) is 4.48. The number of pyridine rings is 1. The Morgan fingerprint density at radius 1 is 1.21 bits per heavy atom. The Labute approximate surface area is 122 Å². The van der Waals surface area contributed by atoms with Crippen LogP contribution in [-0.2, 0) is 6.42 Å². The van der Waals surface area contributed by atoms with Crippen LogP contribution in [-0.4, -0.2) is 10.8 Å². The molecule has 0 fully saturated rings. The molecule has 2 aromatic rings. The van der Waals surface area contributed by atoms with Gasteiger partial charge in [0.2, 0.25) is 0 Å². The van der Waals surface area contributed by atoms with Crippen molar-refractivity contribution < 1.29 is 4.79 Å². The molecule has 0 aliphatic rings. The van der Waals surface area contributed by atoms with Gasteiger partial charge in [0, 0.05) is 28.0 Å². The molecule has 0 bridgehead atoms. The van der Waals surface area contributed by atoms with Crippen molar-refractivity contribution in [3.05, 3.63) is 63.9 Å². The van der Waals surface area contributed by atoms with Crippen molar-refractivity contribution in [2.45, 2.75) is 20.3 Å². The number of nitrogens with zero attached hydrogens (tertiary/aromatic N) is 1. The Bertz CT molecular complexity index is 593. The highest BCUT2D eigenvalue weighted by Gasteiger charge is 2.10. The molecule has 19 heavy (non-hydrogen) atoms. The second kappa shape index (κ2) is 6.11. The molecule has 0 unspecified atom stereocenters. The molecule has 1 aromatic carbocycles. The van der Waals surface area contributed by atoms with Crippen molar-refractivity contribution in [2.24, 2.45) is 5.92 Å². The van der Waals surface area contributed by atoms with E-state index in [1.807, 2.05) is 18.2 Å². The first-order valence-corrected chi connectivity index (χ1v) is 7.10. The lowest BCUT2D eigenvalue weighted by atomic mass is 9.98. The lowest BCUT2D eigenvalue weighted by Crippen LogP contribution is -2.03. The fourth-order valence-electron chi connectivity index (χ4n) is 2.01. The number of benzene rings is 1. The summed E-state index contributed by atoms with van der Waals surface area (Å²) in [5, 5.41) is 0. The topological polar surface area (TPSA) is 30.0 Å². The highest BCUT2D eigenvalue weighted by molar-refractivity contribution is 9.10. The highest BCUT2D eigenvalue weighted by atomic mass is 79.9. The molecule has 2 rings (SSSR count). The molecule has 2 nitrogen and oxygen atoms in total. The summed E-state index contributed by atoms with van der Waals surface area (Å²) in [7, 11) is 0. The van der Waals surface area contributed by atoms with E-state index in [0.717, 1.165) is 16.5 Å². The van der Waals surface area contributed by atoms with E-state index in [2.05, 4.69) is 40.8 Å². The lowest BCUT2D eigenvalue weighted by Gasteiger charge is -2.07. The summed E-state index contributed by atoms with van der Waals surface area (Å²) in [6.45, 7) is 4.35. The predicted molar refractivity (Wildman–Crippen MR) is 80.4 cm³/mol. The van der Waals surface area contributed by atoms with Gasteiger partial charge in [0.25, 0.3) is 0 Å². The van der Waals surface area contributed by atoms with E-state index in [1.54, 1.807) is 18.5 Å². The second-order valence-electron chi connectivity index (χ2n) is 5.02. The third-order valence-electron chi connectivity index (χ3n) is 2.80. The van der Waals surface area contributed by atoms with Crippen LogP contribution >= 0.6 is 15.9 Å². The van der Waals surface area contributed by atoms with Crippen LogP contribution in [0.2, 0.25) is 0 Å². The highest BCUT2D eigenvalue weighted by Crippen LogP contribution is 2.16. The average molecular weight is 318 g/mol. The molecule has 0 aliphatic heterocycles. The Morgan fingerprint density at radius 2 is 2.00 bits per heavy atom. The summed E-state index contributed by atoms with van der Waals surface area (Å²) in [4.78, 5) is 16.4. The minimum Gasteiger partial charge on any atom is -0.289 e. The van der Waals surface area contributed by atoms with Gasteiger partial charge in [0.15, 0.2) is 5.78 Å². The zero-order chi connectivity index (χ0) is 13.8. The van der Waals surface area contributed by atoms with Crippen molar-refractivity contribution in [2.75, 3.05) is 0 Å². The lowest BCUT2D eigenvalue weighted by molar-refractivity contribution is 0.103. The summed E-state index contributed by atoms with van der Waals surface area (Å²) in [5.74, 6) is 0.595. The van der Waals surface area contributed by atoms with Crippen LogP contribution in [0.15, 0.2) is 47.2 Å². The maximum absolute atomic E-state index is 12.4. The van der Waals surface area contributed by atoms with Gasteiger partial charge < -0.3 is 0 Å². The van der Waals surface area contributed by atoms with Gasteiger partial charge in [-0.05, 0) is 46.0 Å². The van der Waals surface area contributed by atoms with Crippen LogP contribution in [0, 0.1) is 5.92 Å². The van der Waals surface area contributed by atoms with Crippen molar-refractivity contribution in [3.8, 4) is 0 Å². The summed E-state index contributed by atoms with van der Waals surface area (Å²) < 4.78 is 0.816. The largest absolute Gasteiger partial charge is 0.289 e. The number of halogens is 1. The van der Waals surface area contributed by atoms with Crippen LogP contribution in [0.3, 0.4) is 0 Å². The van der Waals surface area contributed by atoms with E-state index < -0.39 is 0 Å². The smallest absolute Gasteiger partial charge is 0.194 e. The molecule has 0 N–H and O–H groups in total. The maximum Gasteiger partial charge on any atom is 0.194 e. The average Bonchev–Trinajstić information content (AvgIpc) is 2.37. The van der Waals surface area contributed by atoms with Crippen molar-refractivity contribution in [3.63, 3.8) is 0 Å². The molecule has 0 radical (unpaired) electrons. The maximum atomic E-state index is 12.4. The van der Waals surface area contributed by atoms with E-state index in [0.29, 0.717) is 11.5 Å². The monoisotopic (exact) mass is 317 g/mol. The van der Waals surface area contributed by atoms with Gasteiger partial charge in [-0.3, -0.25) is 9.78 Å². The normalized spacial score (nSPS) is 10.7. The molecule has 0 saturated carbocycles. The zero-order valence-corrected chi connectivity index (χ0v) is 12.6. The number of carbonyl (C=O) groups excluding carboxylic acids is 1. The molecule has 0 amide bonds. The van der Waals surface area contributed by atoms with Gasteiger partial charge in [-0.2, -0.15) is 0 Å². The van der Waals surface area contributed by atoms with Crippen molar-refractivity contribution in [1.29, 1.82) is 0 Å². The first-order valence-electron chi connectivity index (χ1n) is 6.30. The summed E-state index contributed by atoms with van der Waals surface area (Å²) >= 11 is 3.34. The summed E-state index contributed by atoms with van der Waals surface area (Å²) in [5.41, 5.74) is 2.53. The number of hydrogen-bond donors (Lipinski definition) is 0. The minimum absolute atomic E-state index is 0.0133. The third kappa shape index (κ3) is 3.74. The molecule has 98 valence electrons. The van der Waals surface area contributed by atoms with Gasteiger partial charge in [-0.15, -0.1) is 0 Å². The standard InChI is InChI=1S/C16H16BrNO/c1-11(2)6-12-4-3-5-13(7-12)16(19)14-8-15(17)10-18-9-14/h3-5,7-11H,6H2,1-2H3. The number of hydrogen-bond acceptors (Lipinski definition) is 2. The predicted octanol–water partition coefficient (Wildman–Crippen LogP) is 4.27. The minimum atomic E-state index is 0.0133. The fraction of sp³-hybridized carbons (Fsp3) is 0.250. The quantitative estimate of drug-likeness (QED) is 0.788. The third-order valence-corrected chi connectivity index (χ3v) is 3.23. The molecular formula is C16H16BrNO. The number of carbonyl (C=O) groups is 1. The molecule has 0 spiro atoms. The first-order chi connectivity index (χ1) is 9.06. The van der Waals surface area contributed by atoms with Gasteiger partial charge in [0.05, 0.1) is 0 Å². The van der Waals surface area contributed by atoms with E-state index in [-0.39, 0.29) is 5.78 Å². The second-order valence-corrected chi connectivity index (χ2v) is 5.93. The van der Waals surface area contributed by atoms with Gasteiger partial charge >= 0.3 is 0 Å².